The fourth-order valence-corrected chi connectivity index (χ4v) is 3.71. The molecule has 4 unspecified atom stereocenters. The maximum Gasteiger partial charge on any atom is 0.121 e. The summed E-state index contributed by atoms with van der Waals surface area (Å²) in [6.07, 6.45) is 6.54. The highest BCUT2D eigenvalue weighted by molar-refractivity contribution is 5.13. The Morgan fingerprint density at radius 3 is 2.81 bits per heavy atom. The molecule has 0 amide bonds. The van der Waals surface area contributed by atoms with Gasteiger partial charge in [0.05, 0.1) is 6.04 Å². The van der Waals surface area contributed by atoms with Gasteiger partial charge < -0.3 is 10.2 Å². The second kappa shape index (κ2) is 3.92. The van der Waals surface area contributed by atoms with Crippen molar-refractivity contribution in [2.75, 3.05) is 0 Å². The molecule has 16 heavy (non-hydrogen) atoms. The predicted octanol–water partition coefficient (Wildman–Crippen LogP) is 3.28. The van der Waals surface area contributed by atoms with E-state index in [9.17, 15) is 0 Å². The van der Waals surface area contributed by atoms with Gasteiger partial charge in [0, 0.05) is 6.42 Å². The molecule has 1 aromatic rings. The number of hydrogen-bond donors (Lipinski definition) is 1. The van der Waals surface area contributed by atoms with Crippen LogP contribution >= 0.6 is 0 Å². The average molecular weight is 219 g/mol. The molecule has 0 spiro atoms. The molecule has 2 heteroatoms. The van der Waals surface area contributed by atoms with Gasteiger partial charge in [-0.1, -0.05) is 13.3 Å². The third kappa shape index (κ3) is 1.60. The summed E-state index contributed by atoms with van der Waals surface area (Å²) in [5.74, 6) is 4.58. The highest BCUT2D eigenvalue weighted by Crippen LogP contribution is 2.52. The minimum absolute atomic E-state index is 0.135. The van der Waals surface area contributed by atoms with Crippen molar-refractivity contribution >= 4 is 0 Å². The van der Waals surface area contributed by atoms with Crippen LogP contribution in [0, 0.1) is 17.8 Å². The van der Waals surface area contributed by atoms with Gasteiger partial charge in [-0.05, 0) is 49.1 Å². The van der Waals surface area contributed by atoms with E-state index in [1.807, 2.05) is 0 Å². The molecule has 0 aromatic carbocycles. The minimum atomic E-state index is 0.135. The molecule has 4 atom stereocenters. The number of hydrogen-bond acceptors (Lipinski definition) is 2. The van der Waals surface area contributed by atoms with Gasteiger partial charge in [-0.3, -0.25) is 0 Å². The van der Waals surface area contributed by atoms with Crippen LogP contribution in [0.1, 0.15) is 50.2 Å². The van der Waals surface area contributed by atoms with Crippen molar-refractivity contribution in [1.29, 1.82) is 0 Å². The van der Waals surface area contributed by atoms with Gasteiger partial charge in [0.1, 0.15) is 11.5 Å². The van der Waals surface area contributed by atoms with Crippen molar-refractivity contribution in [1.82, 2.24) is 0 Å². The molecule has 0 saturated heterocycles. The minimum Gasteiger partial charge on any atom is -0.464 e. The average Bonchev–Trinajstić information content (AvgIpc) is 3.03. The van der Waals surface area contributed by atoms with Crippen molar-refractivity contribution in [2.45, 2.75) is 45.1 Å². The zero-order valence-corrected chi connectivity index (χ0v) is 9.99. The number of rotatable bonds is 3. The second-order valence-corrected chi connectivity index (χ2v) is 5.52. The van der Waals surface area contributed by atoms with E-state index in [0.29, 0.717) is 5.92 Å². The zero-order chi connectivity index (χ0) is 11.1. The first-order valence-electron chi connectivity index (χ1n) is 6.62. The molecule has 2 nitrogen and oxygen atoms in total. The number of aryl methyl sites for hydroxylation is 1. The van der Waals surface area contributed by atoms with Crippen molar-refractivity contribution < 1.29 is 4.42 Å². The first-order valence-corrected chi connectivity index (χ1v) is 6.62. The van der Waals surface area contributed by atoms with Gasteiger partial charge in [-0.2, -0.15) is 0 Å². The molecule has 2 aliphatic rings. The third-order valence-corrected chi connectivity index (χ3v) is 4.61. The Labute approximate surface area is 97.2 Å². The molecular weight excluding hydrogens is 198 g/mol. The van der Waals surface area contributed by atoms with E-state index < -0.39 is 0 Å². The number of fused-ring (bicyclic) bond motifs is 2. The Morgan fingerprint density at radius 1 is 1.38 bits per heavy atom. The summed E-state index contributed by atoms with van der Waals surface area (Å²) >= 11 is 0. The van der Waals surface area contributed by atoms with Crippen LogP contribution < -0.4 is 5.73 Å². The molecule has 2 bridgehead atoms. The van der Waals surface area contributed by atoms with Crippen molar-refractivity contribution in [3.8, 4) is 0 Å². The first-order chi connectivity index (χ1) is 7.78. The Balaban J connectivity index is 1.75. The van der Waals surface area contributed by atoms with Gasteiger partial charge in [-0.15, -0.1) is 0 Å². The van der Waals surface area contributed by atoms with Crippen LogP contribution in [0.2, 0.25) is 0 Å². The molecule has 2 aliphatic carbocycles. The molecule has 2 N–H and O–H groups in total. The summed E-state index contributed by atoms with van der Waals surface area (Å²) in [6.45, 7) is 2.12. The van der Waals surface area contributed by atoms with Crippen LogP contribution in [0.4, 0.5) is 0 Å². The Morgan fingerprint density at radius 2 is 2.25 bits per heavy atom. The molecule has 1 aromatic heterocycles. The molecule has 3 rings (SSSR count). The van der Waals surface area contributed by atoms with E-state index >= 15 is 0 Å². The monoisotopic (exact) mass is 219 g/mol. The largest absolute Gasteiger partial charge is 0.464 e. The van der Waals surface area contributed by atoms with E-state index in [-0.39, 0.29) is 6.04 Å². The molecule has 1 heterocycles. The maximum absolute atomic E-state index is 6.36. The van der Waals surface area contributed by atoms with E-state index in [4.69, 9.17) is 10.2 Å². The fourth-order valence-electron chi connectivity index (χ4n) is 3.71. The molecule has 0 radical (unpaired) electrons. The molecule has 0 aliphatic heterocycles. The van der Waals surface area contributed by atoms with Gasteiger partial charge in [0.2, 0.25) is 0 Å². The molecule has 2 fully saturated rings. The highest BCUT2D eigenvalue weighted by Gasteiger charge is 2.43. The van der Waals surface area contributed by atoms with Crippen LogP contribution in [-0.2, 0) is 6.42 Å². The highest BCUT2D eigenvalue weighted by atomic mass is 16.3. The SMILES string of the molecule is CCc1ccc(C(N)C2CC3CCC2C3)o1. The lowest BCUT2D eigenvalue weighted by Gasteiger charge is -2.26. The normalized spacial score (nSPS) is 34.5. The summed E-state index contributed by atoms with van der Waals surface area (Å²) in [6, 6.07) is 4.29. The lowest BCUT2D eigenvalue weighted by atomic mass is 9.83. The molecule has 2 saturated carbocycles. The van der Waals surface area contributed by atoms with Gasteiger partial charge in [-0.25, -0.2) is 0 Å². The summed E-state index contributed by atoms with van der Waals surface area (Å²) in [5, 5.41) is 0. The van der Waals surface area contributed by atoms with Gasteiger partial charge in [0.25, 0.3) is 0 Å². The summed E-state index contributed by atoms with van der Waals surface area (Å²) < 4.78 is 5.79. The predicted molar refractivity (Wildman–Crippen MR) is 64.0 cm³/mol. The van der Waals surface area contributed by atoms with Crippen molar-refractivity contribution in [2.24, 2.45) is 23.5 Å². The molecular formula is C14H21NO. The van der Waals surface area contributed by atoms with Crippen molar-refractivity contribution in [3.05, 3.63) is 23.7 Å². The Bertz CT molecular complexity index is 371. The Kier molecular flexibility index (Phi) is 2.55. The van der Waals surface area contributed by atoms with E-state index in [1.54, 1.807) is 0 Å². The molecule has 88 valence electrons. The first kappa shape index (κ1) is 10.4. The van der Waals surface area contributed by atoms with E-state index in [0.717, 1.165) is 29.8 Å². The van der Waals surface area contributed by atoms with Gasteiger partial charge >= 0.3 is 0 Å². The van der Waals surface area contributed by atoms with Crippen LogP contribution in [0.5, 0.6) is 0 Å². The maximum atomic E-state index is 6.36. The zero-order valence-electron chi connectivity index (χ0n) is 9.99. The Hall–Kier alpha value is -0.760. The van der Waals surface area contributed by atoms with Crippen LogP contribution in [0.15, 0.2) is 16.5 Å². The number of furan rings is 1. The standard InChI is InChI=1S/C14H21NO/c1-2-11-5-6-13(16-11)14(15)12-8-9-3-4-10(12)7-9/h5-6,9-10,12,14H,2-4,7-8,15H2,1H3. The summed E-state index contributed by atoms with van der Waals surface area (Å²) in [4.78, 5) is 0. The van der Waals surface area contributed by atoms with Gasteiger partial charge in [0.15, 0.2) is 0 Å². The number of nitrogens with two attached hydrogens (primary N) is 1. The third-order valence-electron chi connectivity index (χ3n) is 4.61. The summed E-state index contributed by atoms with van der Waals surface area (Å²) in [5.41, 5.74) is 6.36. The van der Waals surface area contributed by atoms with Crippen LogP contribution in [0.25, 0.3) is 0 Å². The topological polar surface area (TPSA) is 39.2 Å². The van der Waals surface area contributed by atoms with Crippen LogP contribution in [-0.4, -0.2) is 0 Å². The van der Waals surface area contributed by atoms with E-state index in [1.165, 1.54) is 25.7 Å². The van der Waals surface area contributed by atoms with E-state index in [2.05, 4.69) is 19.1 Å². The lowest BCUT2D eigenvalue weighted by Crippen LogP contribution is -2.25. The smallest absolute Gasteiger partial charge is 0.121 e. The lowest BCUT2D eigenvalue weighted by molar-refractivity contribution is 0.257. The van der Waals surface area contributed by atoms with Crippen LogP contribution in [0.3, 0.4) is 0 Å². The van der Waals surface area contributed by atoms with Crippen molar-refractivity contribution in [3.63, 3.8) is 0 Å². The summed E-state index contributed by atoms with van der Waals surface area (Å²) in [7, 11) is 0. The quantitative estimate of drug-likeness (QED) is 0.847. The fraction of sp³-hybridized carbons (Fsp3) is 0.714. The second-order valence-electron chi connectivity index (χ2n) is 5.52.